The Bertz CT molecular complexity index is 1020. The van der Waals surface area contributed by atoms with Crippen LogP contribution in [0.4, 0.5) is 5.69 Å². The molecule has 3 heterocycles. The first-order chi connectivity index (χ1) is 14.5. The van der Waals surface area contributed by atoms with Crippen molar-refractivity contribution < 1.29 is 9.32 Å². The molecule has 7 heteroatoms. The number of aryl methyl sites for hydroxylation is 1. The van der Waals surface area contributed by atoms with Gasteiger partial charge in [-0.2, -0.15) is 5.10 Å². The monoisotopic (exact) mass is 407 g/mol. The van der Waals surface area contributed by atoms with Gasteiger partial charge in [-0.25, -0.2) is 0 Å². The van der Waals surface area contributed by atoms with Crippen molar-refractivity contribution in [1.82, 2.24) is 19.8 Å². The van der Waals surface area contributed by atoms with Crippen LogP contribution < -0.4 is 5.32 Å². The summed E-state index contributed by atoms with van der Waals surface area (Å²) in [6.07, 6.45) is 5.57. The average molecular weight is 408 g/mol. The van der Waals surface area contributed by atoms with Gasteiger partial charge in [0.05, 0.1) is 6.20 Å². The number of nitrogens with one attached hydrogen (secondary N) is 1. The van der Waals surface area contributed by atoms with Gasteiger partial charge in [-0.1, -0.05) is 23.7 Å². The van der Waals surface area contributed by atoms with Gasteiger partial charge in [0.25, 0.3) is 5.91 Å². The molecule has 1 aliphatic heterocycles. The lowest BCUT2D eigenvalue weighted by Gasteiger charge is -2.33. The summed E-state index contributed by atoms with van der Waals surface area (Å²) in [5, 5.41) is 11.3. The van der Waals surface area contributed by atoms with E-state index in [4.69, 9.17) is 4.52 Å². The molecular formula is C23H29N5O2. The Balaban J connectivity index is 1.44. The molecule has 1 N–H and O–H groups in total. The molecule has 1 amide bonds. The standard InChI is InChI=1S/C23H29N5O2/c1-4-28-17(3)20(14-24-28)21-13-22(30-26-21)23(29)25-19-10-7-9-18(12-19)15-27-11-6-5-8-16(27)2/h7,9-10,12-14,16H,4-6,8,11,15H2,1-3H3,(H,25,29). The molecule has 1 aliphatic rings. The number of nitrogens with zero attached hydrogens (tertiary/aromatic N) is 4. The molecule has 7 nitrogen and oxygen atoms in total. The molecule has 4 rings (SSSR count). The van der Waals surface area contributed by atoms with E-state index in [1.807, 2.05) is 36.7 Å². The van der Waals surface area contributed by atoms with Crippen molar-refractivity contribution >= 4 is 11.6 Å². The Hall–Kier alpha value is -2.93. The largest absolute Gasteiger partial charge is 0.350 e. The van der Waals surface area contributed by atoms with Crippen molar-refractivity contribution in [3.05, 3.63) is 53.5 Å². The molecule has 158 valence electrons. The fourth-order valence-corrected chi connectivity index (χ4v) is 4.09. The van der Waals surface area contributed by atoms with Crippen LogP contribution in [-0.2, 0) is 13.1 Å². The molecule has 1 unspecified atom stereocenters. The number of carbonyl (C=O) groups excluding carboxylic acids is 1. The number of carbonyl (C=O) groups is 1. The third kappa shape index (κ3) is 4.31. The summed E-state index contributed by atoms with van der Waals surface area (Å²) in [6, 6.07) is 10.3. The molecule has 0 spiro atoms. The van der Waals surface area contributed by atoms with E-state index in [1.54, 1.807) is 12.3 Å². The Morgan fingerprint density at radius 3 is 2.93 bits per heavy atom. The number of anilines is 1. The predicted octanol–water partition coefficient (Wildman–Crippen LogP) is 4.49. The highest BCUT2D eigenvalue weighted by Gasteiger charge is 2.19. The zero-order chi connectivity index (χ0) is 21.1. The van der Waals surface area contributed by atoms with E-state index in [2.05, 4.69) is 33.5 Å². The fourth-order valence-electron chi connectivity index (χ4n) is 4.09. The molecule has 1 saturated heterocycles. The first-order valence-electron chi connectivity index (χ1n) is 10.7. The number of amides is 1. The van der Waals surface area contributed by atoms with Gasteiger partial charge in [0.2, 0.25) is 5.76 Å². The van der Waals surface area contributed by atoms with Gasteiger partial charge in [-0.3, -0.25) is 14.4 Å². The van der Waals surface area contributed by atoms with Crippen LogP contribution >= 0.6 is 0 Å². The van der Waals surface area contributed by atoms with Gasteiger partial charge in [0, 0.05) is 42.1 Å². The lowest BCUT2D eigenvalue weighted by molar-refractivity contribution is 0.0988. The van der Waals surface area contributed by atoms with Crippen LogP contribution in [0.5, 0.6) is 0 Å². The summed E-state index contributed by atoms with van der Waals surface area (Å²) < 4.78 is 7.20. The van der Waals surface area contributed by atoms with E-state index < -0.39 is 0 Å². The van der Waals surface area contributed by atoms with E-state index in [1.165, 1.54) is 24.8 Å². The van der Waals surface area contributed by atoms with Crippen LogP contribution in [0.25, 0.3) is 11.3 Å². The molecule has 1 fully saturated rings. The fraction of sp³-hybridized carbons (Fsp3) is 0.435. The molecule has 30 heavy (non-hydrogen) atoms. The Kier molecular flexibility index (Phi) is 5.99. The smallest absolute Gasteiger partial charge is 0.294 e. The molecule has 0 bridgehead atoms. The number of rotatable bonds is 6. The van der Waals surface area contributed by atoms with E-state index >= 15 is 0 Å². The summed E-state index contributed by atoms with van der Waals surface area (Å²) in [5.41, 5.74) is 4.44. The van der Waals surface area contributed by atoms with E-state index in [0.717, 1.165) is 36.6 Å². The minimum absolute atomic E-state index is 0.184. The second-order valence-electron chi connectivity index (χ2n) is 8.01. The third-order valence-electron chi connectivity index (χ3n) is 5.92. The topological polar surface area (TPSA) is 76.2 Å². The van der Waals surface area contributed by atoms with Gasteiger partial charge in [-0.05, 0) is 57.9 Å². The van der Waals surface area contributed by atoms with Gasteiger partial charge < -0.3 is 9.84 Å². The van der Waals surface area contributed by atoms with Crippen molar-refractivity contribution in [3.8, 4) is 11.3 Å². The second-order valence-corrected chi connectivity index (χ2v) is 8.01. The van der Waals surface area contributed by atoms with E-state index in [-0.39, 0.29) is 11.7 Å². The number of hydrogen-bond acceptors (Lipinski definition) is 5. The van der Waals surface area contributed by atoms with Gasteiger partial charge in [0.1, 0.15) is 5.69 Å². The lowest BCUT2D eigenvalue weighted by Crippen LogP contribution is -2.36. The Labute approximate surface area is 177 Å². The van der Waals surface area contributed by atoms with Crippen molar-refractivity contribution in [3.63, 3.8) is 0 Å². The van der Waals surface area contributed by atoms with Crippen LogP contribution in [-0.4, -0.2) is 38.3 Å². The average Bonchev–Trinajstić information content (AvgIpc) is 3.36. The molecule has 1 atom stereocenters. The first kappa shape index (κ1) is 20.3. The van der Waals surface area contributed by atoms with Crippen molar-refractivity contribution in [2.45, 2.75) is 59.2 Å². The van der Waals surface area contributed by atoms with Crippen LogP contribution in [0.15, 0.2) is 41.1 Å². The molecular weight excluding hydrogens is 378 g/mol. The van der Waals surface area contributed by atoms with Gasteiger partial charge in [0.15, 0.2) is 0 Å². The quantitative estimate of drug-likeness (QED) is 0.651. The van der Waals surface area contributed by atoms with Crippen molar-refractivity contribution in [1.29, 1.82) is 0 Å². The summed E-state index contributed by atoms with van der Waals surface area (Å²) in [4.78, 5) is 15.2. The number of aromatic nitrogens is 3. The summed E-state index contributed by atoms with van der Waals surface area (Å²) >= 11 is 0. The van der Waals surface area contributed by atoms with Gasteiger partial charge >= 0.3 is 0 Å². The Morgan fingerprint density at radius 2 is 2.17 bits per heavy atom. The third-order valence-corrected chi connectivity index (χ3v) is 5.92. The number of likely N-dealkylation sites (tertiary alicyclic amines) is 1. The van der Waals surface area contributed by atoms with Crippen LogP contribution in [0.3, 0.4) is 0 Å². The normalized spacial score (nSPS) is 17.2. The maximum absolute atomic E-state index is 12.7. The Morgan fingerprint density at radius 1 is 1.30 bits per heavy atom. The highest BCUT2D eigenvalue weighted by Crippen LogP contribution is 2.24. The SMILES string of the molecule is CCn1ncc(-c2cc(C(=O)Nc3cccc(CN4CCCCC4C)c3)on2)c1C. The molecule has 2 aromatic heterocycles. The van der Waals surface area contributed by atoms with Crippen LogP contribution in [0.1, 0.15) is 54.9 Å². The maximum atomic E-state index is 12.7. The van der Waals surface area contributed by atoms with E-state index in [9.17, 15) is 4.79 Å². The van der Waals surface area contributed by atoms with Crippen LogP contribution in [0.2, 0.25) is 0 Å². The summed E-state index contributed by atoms with van der Waals surface area (Å²) in [5.74, 6) is -0.124. The van der Waals surface area contributed by atoms with Crippen LogP contribution in [0, 0.1) is 6.92 Å². The first-order valence-corrected chi connectivity index (χ1v) is 10.7. The molecule has 0 saturated carbocycles. The molecule has 0 radical (unpaired) electrons. The second kappa shape index (κ2) is 8.83. The van der Waals surface area contributed by atoms with Crippen molar-refractivity contribution in [2.75, 3.05) is 11.9 Å². The highest BCUT2D eigenvalue weighted by molar-refractivity contribution is 6.02. The zero-order valence-corrected chi connectivity index (χ0v) is 17.9. The maximum Gasteiger partial charge on any atom is 0.294 e. The number of hydrogen-bond donors (Lipinski definition) is 1. The highest BCUT2D eigenvalue weighted by atomic mass is 16.5. The predicted molar refractivity (Wildman–Crippen MR) is 116 cm³/mol. The molecule has 0 aliphatic carbocycles. The zero-order valence-electron chi connectivity index (χ0n) is 17.9. The van der Waals surface area contributed by atoms with Crippen molar-refractivity contribution in [2.24, 2.45) is 0 Å². The summed E-state index contributed by atoms with van der Waals surface area (Å²) in [6.45, 7) is 9.12. The number of benzene rings is 1. The molecule has 1 aromatic carbocycles. The molecule has 3 aromatic rings. The minimum Gasteiger partial charge on any atom is -0.350 e. The minimum atomic E-state index is -0.308. The van der Waals surface area contributed by atoms with Gasteiger partial charge in [-0.15, -0.1) is 0 Å². The lowest BCUT2D eigenvalue weighted by atomic mass is 10.0. The summed E-state index contributed by atoms with van der Waals surface area (Å²) in [7, 11) is 0. The number of piperidine rings is 1. The van der Waals surface area contributed by atoms with E-state index in [0.29, 0.717) is 11.7 Å².